The van der Waals surface area contributed by atoms with Crippen LogP contribution >= 0.6 is 15.9 Å². The molecular weight excluding hydrogens is 454 g/mol. The molecule has 1 amide bonds. The van der Waals surface area contributed by atoms with Crippen molar-refractivity contribution in [3.05, 3.63) is 99.7 Å². The summed E-state index contributed by atoms with van der Waals surface area (Å²) in [5.41, 5.74) is 3.06. The van der Waals surface area contributed by atoms with Crippen molar-refractivity contribution in [1.82, 2.24) is 0 Å². The van der Waals surface area contributed by atoms with Gasteiger partial charge in [-0.2, -0.15) is 0 Å². The number of para-hydroxylation sites is 1. The summed E-state index contributed by atoms with van der Waals surface area (Å²) in [5, 5.41) is 3.59. The fraction of sp³-hybridized carbons (Fsp3) is 0.154. The van der Waals surface area contributed by atoms with Gasteiger partial charge in [-0.1, -0.05) is 61.0 Å². The molecule has 0 saturated carbocycles. The largest absolute Gasteiger partial charge is 0.450 e. The standard InChI is InChI=1S/C26H22BrNO3/c1-26(2,3)18-12-8-17(9-13-18)25(30)28-22-20-6-4-5-7-21(20)31-24(22)23(29)16-10-14-19(27)15-11-16/h4-15H,1-3H3,(H,28,30). The molecule has 0 bridgehead atoms. The summed E-state index contributed by atoms with van der Waals surface area (Å²) in [6.45, 7) is 6.37. The summed E-state index contributed by atoms with van der Waals surface area (Å²) in [7, 11) is 0. The lowest BCUT2D eigenvalue weighted by molar-refractivity contribution is 0.101. The minimum atomic E-state index is -0.295. The number of carbonyl (C=O) groups excluding carboxylic acids is 2. The second kappa shape index (κ2) is 8.16. The Morgan fingerprint density at radius 1 is 0.839 bits per heavy atom. The first-order valence-corrected chi connectivity index (χ1v) is 10.8. The van der Waals surface area contributed by atoms with Crippen LogP contribution in [0, 0.1) is 0 Å². The summed E-state index contributed by atoms with van der Waals surface area (Å²) in [6, 6.07) is 21.8. The first-order valence-electron chi connectivity index (χ1n) is 9.98. The first-order chi connectivity index (χ1) is 14.7. The third kappa shape index (κ3) is 4.32. The molecule has 4 nitrogen and oxygen atoms in total. The van der Waals surface area contributed by atoms with Crippen LogP contribution in [0.15, 0.2) is 81.7 Å². The lowest BCUT2D eigenvalue weighted by Crippen LogP contribution is -2.15. The van der Waals surface area contributed by atoms with Crippen LogP contribution in [0.1, 0.15) is 52.8 Å². The van der Waals surface area contributed by atoms with Crippen LogP contribution in [0.5, 0.6) is 0 Å². The molecular formula is C26H22BrNO3. The van der Waals surface area contributed by atoms with Crippen molar-refractivity contribution in [2.45, 2.75) is 26.2 Å². The van der Waals surface area contributed by atoms with Gasteiger partial charge in [0.1, 0.15) is 5.58 Å². The van der Waals surface area contributed by atoms with Crippen LogP contribution in [0.25, 0.3) is 11.0 Å². The van der Waals surface area contributed by atoms with E-state index in [1.54, 1.807) is 42.5 Å². The topological polar surface area (TPSA) is 59.3 Å². The number of hydrogen-bond donors (Lipinski definition) is 1. The average molecular weight is 476 g/mol. The highest BCUT2D eigenvalue weighted by atomic mass is 79.9. The molecule has 0 unspecified atom stereocenters. The van der Waals surface area contributed by atoms with E-state index in [1.807, 2.05) is 30.3 Å². The SMILES string of the molecule is CC(C)(C)c1ccc(C(=O)Nc2c(C(=O)c3ccc(Br)cc3)oc3ccccc23)cc1. The third-order valence-electron chi connectivity index (χ3n) is 5.16. The summed E-state index contributed by atoms with van der Waals surface area (Å²) in [5.74, 6) is -0.470. The molecule has 156 valence electrons. The summed E-state index contributed by atoms with van der Waals surface area (Å²) in [6.07, 6.45) is 0. The lowest BCUT2D eigenvalue weighted by Gasteiger charge is -2.19. The van der Waals surface area contributed by atoms with E-state index in [1.165, 1.54) is 0 Å². The van der Waals surface area contributed by atoms with Gasteiger partial charge in [-0.15, -0.1) is 0 Å². The fourth-order valence-electron chi connectivity index (χ4n) is 3.37. The van der Waals surface area contributed by atoms with Crippen molar-refractivity contribution in [2.24, 2.45) is 0 Å². The van der Waals surface area contributed by atoms with Crippen molar-refractivity contribution >= 4 is 44.3 Å². The Labute approximate surface area is 189 Å². The molecule has 0 aliphatic rings. The number of rotatable bonds is 4. The second-order valence-electron chi connectivity index (χ2n) is 8.42. The Kier molecular flexibility index (Phi) is 5.54. The van der Waals surface area contributed by atoms with Gasteiger partial charge in [-0.3, -0.25) is 9.59 Å². The van der Waals surface area contributed by atoms with Crippen LogP contribution in [0.3, 0.4) is 0 Å². The average Bonchev–Trinajstić information content (AvgIpc) is 3.11. The van der Waals surface area contributed by atoms with Crippen molar-refractivity contribution in [3.63, 3.8) is 0 Å². The lowest BCUT2D eigenvalue weighted by atomic mass is 9.86. The molecule has 31 heavy (non-hydrogen) atoms. The zero-order valence-electron chi connectivity index (χ0n) is 17.5. The molecule has 0 spiro atoms. The maximum atomic E-state index is 13.2. The molecule has 0 saturated heterocycles. The highest BCUT2D eigenvalue weighted by Gasteiger charge is 2.24. The van der Waals surface area contributed by atoms with Gasteiger partial charge in [0.15, 0.2) is 5.76 Å². The zero-order chi connectivity index (χ0) is 22.2. The second-order valence-corrected chi connectivity index (χ2v) is 9.34. The molecule has 4 rings (SSSR count). The van der Waals surface area contributed by atoms with E-state index < -0.39 is 0 Å². The molecule has 1 aromatic heterocycles. The smallest absolute Gasteiger partial charge is 0.255 e. The number of ketones is 1. The van der Waals surface area contributed by atoms with Crippen molar-refractivity contribution in [2.75, 3.05) is 5.32 Å². The Bertz CT molecular complexity index is 1260. The molecule has 0 atom stereocenters. The van der Waals surface area contributed by atoms with Crippen LogP contribution in [-0.4, -0.2) is 11.7 Å². The molecule has 1 N–H and O–H groups in total. The van der Waals surface area contributed by atoms with Crippen LogP contribution in [0.4, 0.5) is 5.69 Å². The van der Waals surface area contributed by atoms with E-state index in [0.29, 0.717) is 27.8 Å². The maximum absolute atomic E-state index is 13.2. The Balaban J connectivity index is 1.71. The van der Waals surface area contributed by atoms with Crippen LogP contribution < -0.4 is 5.32 Å². The number of benzene rings is 3. The van der Waals surface area contributed by atoms with Crippen LogP contribution in [-0.2, 0) is 5.41 Å². The zero-order valence-corrected chi connectivity index (χ0v) is 19.1. The van der Waals surface area contributed by atoms with Gasteiger partial charge in [-0.25, -0.2) is 0 Å². The van der Waals surface area contributed by atoms with Crippen molar-refractivity contribution < 1.29 is 14.0 Å². The molecule has 0 aliphatic carbocycles. The highest BCUT2D eigenvalue weighted by Crippen LogP contribution is 2.33. The van der Waals surface area contributed by atoms with Crippen molar-refractivity contribution in [1.29, 1.82) is 0 Å². The van der Waals surface area contributed by atoms with Gasteiger partial charge >= 0.3 is 0 Å². The van der Waals surface area contributed by atoms with E-state index >= 15 is 0 Å². The molecule has 1 heterocycles. The predicted octanol–water partition coefficient (Wildman–Crippen LogP) is 6.98. The Morgan fingerprint density at radius 2 is 1.45 bits per heavy atom. The van der Waals surface area contributed by atoms with E-state index in [4.69, 9.17) is 4.42 Å². The van der Waals surface area contributed by atoms with Crippen LogP contribution in [0.2, 0.25) is 0 Å². The number of halogens is 1. The van der Waals surface area contributed by atoms with Gasteiger partial charge in [0, 0.05) is 21.0 Å². The fourth-order valence-corrected chi connectivity index (χ4v) is 3.63. The quantitative estimate of drug-likeness (QED) is 0.324. The van der Waals surface area contributed by atoms with E-state index in [2.05, 4.69) is 42.0 Å². The van der Waals surface area contributed by atoms with Gasteiger partial charge in [0.05, 0.1) is 5.69 Å². The van der Waals surface area contributed by atoms with E-state index in [0.717, 1.165) is 10.0 Å². The number of carbonyl (C=O) groups is 2. The molecule has 3 aromatic carbocycles. The maximum Gasteiger partial charge on any atom is 0.255 e. The van der Waals surface area contributed by atoms with Gasteiger partial charge < -0.3 is 9.73 Å². The minimum absolute atomic E-state index is 0.0000328. The predicted molar refractivity (Wildman–Crippen MR) is 127 cm³/mol. The normalized spacial score (nSPS) is 11.5. The van der Waals surface area contributed by atoms with E-state index in [9.17, 15) is 9.59 Å². The highest BCUT2D eigenvalue weighted by molar-refractivity contribution is 9.10. The molecule has 0 radical (unpaired) electrons. The summed E-state index contributed by atoms with van der Waals surface area (Å²) < 4.78 is 6.75. The Hall–Kier alpha value is -3.18. The van der Waals surface area contributed by atoms with Gasteiger partial charge in [-0.05, 0) is 59.5 Å². The molecule has 5 heteroatoms. The summed E-state index contributed by atoms with van der Waals surface area (Å²) in [4.78, 5) is 26.2. The number of amides is 1. The number of furan rings is 1. The summed E-state index contributed by atoms with van der Waals surface area (Å²) >= 11 is 3.38. The number of nitrogens with one attached hydrogen (secondary N) is 1. The first kappa shape index (κ1) is 21.1. The van der Waals surface area contributed by atoms with Gasteiger partial charge in [0.25, 0.3) is 5.91 Å². The van der Waals surface area contributed by atoms with E-state index in [-0.39, 0.29) is 22.9 Å². The minimum Gasteiger partial charge on any atom is -0.450 e. The van der Waals surface area contributed by atoms with Crippen molar-refractivity contribution in [3.8, 4) is 0 Å². The molecule has 0 aliphatic heterocycles. The van der Waals surface area contributed by atoms with Gasteiger partial charge in [0.2, 0.25) is 5.78 Å². The molecule has 4 aromatic rings. The molecule has 0 fully saturated rings. The Morgan fingerprint density at radius 3 is 2.10 bits per heavy atom. The third-order valence-corrected chi connectivity index (χ3v) is 5.69. The number of anilines is 1. The number of fused-ring (bicyclic) bond motifs is 1. The number of hydrogen-bond acceptors (Lipinski definition) is 3. The monoisotopic (exact) mass is 475 g/mol.